The highest BCUT2D eigenvalue weighted by atomic mass is 32.2. The molecular weight excluding hydrogens is 372 g/mol. The molecule has 1 aromatic heterocycles. The van der Waals surface area contributed by atoms with Gasteiger partial charge in [-0.05, 0) is 61.1 Å². The number of rotatable bonds is 6. The molecule has 148 valence electrons. The summed E-state index contributed by atoms with van der Waals surface area (Å²) in [6.45, 7) is 3.08. The molecule has 3 aromatic rings. The van der Waals surface area contributed by atoms with E-state index >= 15 is 0 Å². The van der Waals surface area contributed by atoms with Gasteiger partial charge in [0.15, 0.2) is 0 Å². The number of methoxy groups -OCH3 is 1. The second-order valence-corrected chi connectivity index (χ2v) is 7.75. The molecule has 4 rings (SSSR count). The van der Waals surface area contributed by atoms with E-state index in [9.17, 15) is 5.11 Å². The van der Waals surface area contributed by atoms with Gasteiger partial charge in [0.25, 0.3) is 0 Å². The van der Waals surface area contributed by atoms with E-state index in [4.69, 9.17) is 9.47 Å². The van der Waals surface area contributed by atoms with Crippen LogP contribution >= 0.6 is 11.8 Å². The summed E-state index contributed by atoms with van der Waals surface area (Å²) in [4.78, 5) is 6.89. The molecule has 0 spiro atoms. The van der Waals surface area contributed by atoms with Crippen LogP contribution in [0.4, 0.5) is 0 Å². The number of aromatic amines is 1. The normalized spacial score (nSPS) is 18.2. The summed E-state index contributed by atoms with van der Waals surface area (Å²) < 4.78 is 10.9. The lowest BCUT2D eigenvalue weighted by molar-refractivity contribution is -0.202. The summed E-state index contributed by atoms with van der Waals surface area (Å²) >= 11 is 1.75. The fourth-order valence-corrected chi connectivity index (χ4v) is 4.48. The van der Waals surface area contributed by atoms with E-state index in [-0.39, 0.29) is 6.04 Å². The van der Waals surface area contributed by atoms with Gasteiger partial charge in [-0.1, -0.05) is 12.1 Å². The van der Waals surface area contributed by atoms with Crippen LogP contribution in [0, 0.1) is 0 Å². The van der Waals surface area contributed by atoms with Gasteiger partial charge in [0, 0.05) is 34.6 Å². The lowest BCUT2D eigenvalue weighted by atomic mass is 9.92. The maximum absolute atomic E-state index is 10.7. The molecule has 28 heavy (non-hydrogen) atoms. The summed E-state index contributed by atoms with van der Waals surface area (Å²) in [5.41, 5.74) is 4.68. The molecule has 0 bridgehead atoms. The van der Waals surface area contributed by atoms with E-state index in [1.165, 1.54) is 15.8 Å². The van der Waals surface area contributed by atoms with Crippen molar-refractivity contribution in [2.75, 3.05) is 26.5 Å². The minimum atomic E-state index is -0.946. The number of aliphatic hydroxyl groups is 1. The number of hydrogen-bond acceptors (Lipinski definition) is 5. The highest BCUT2D eigenvalue weighted by Crippen LogP contribution is 2.40. The van der Waals surface area contributed by atoms with Crippen LogP contribution in [-0.4, -0.2) is 47.9 Å². The monoisotopic (exact) mass is 398 g/mol. The zero-order valence-electron chi connectivity index (χ0n) is 16.4. The Hall–Kier alpha value is -1.99. The zero-order chi connectivity index (χ0) is 19.7. The third-order valence-electron chi connectivity index (χ3n) is 5.40. The van der Waals surface area contributed by atoms with Gasteiger partial charge in [-0.2, -0.15) is 0 Å². The molecule has 0 aliphatic carbocycles. The van der Waals surface area contributed by atoms with Gasteiger partial charge in [-0.3, -0.25) is 0 Å². The predicted molar refractivity (Wildman–Crippen MR) is 113 cm³/mol. The second-order valence-electron chi connectivity index (χ2n) is 6.87. The van der Waals surface area contributed by atoms with Gasteiger partial charge in [0.2, 0.25) is 6.41 Å². The molecule has 0 saturated carbocycles. The Morgan fingerprint density at radius 3 is 2.71 bits per heavy atom. The van der Waals surface area contributed by atoms with Crippen LogP contribution in [0.2, 0.25) is 0 Å². The Morgan fingerprint density at radius 2 is 2.04 bits per heavy atom. The molecule has 2 unspecified atom stereocenters. The van der Waals surface area contributed by atoms with Crippen molar-refractivity contribution in [1.82, 2.24) is 9.88 Å². The summed E-state index contributed by atoms with van der Waals surface area (Å²) in [6, 6.07) is 14.5. The van der Waals surface area contributed by atoms with E-state index in [0.717, 1.165) is 35.5 Å². The Morgan fingerprint density at radius 1 is 1.25 bits per heavy atom. The molecule has 6 heteroatoms. The first-order valence-electron chi connectivity index (χ1n) is 9.54. The van der Waals surface area contributed by atoms with Gasteiger partial charge in [-0.25, -0.2) is 4.90 Å². The number of aromatic nitrogens is 1. The molecule has 1 aliphatic heterocycles. The number of thioether (sulfide) groups is 1. The maximum atomic E-state index is 10.7. The SMILES string of the molecule is CCOC(O)N1CCc2c([nH]c3ccc(SC)cc23)C1c1ccc(OC)cc1. The van der Waals surface area contributed by atoms with Gasteiger partial charge in [0.05, 0.1) is 13.2 Å². The summed E-state index contributed by atoms with van der Waals surface area (Å²) in [5, 5.41) is 11.9. The number of H-pyrrole nitrogens is 1. The van der Waals surface area contributed by atoms with Gasteiger partial charge in [-0.15, -0.1) is 11.8 Å². The van der Waals surface area contributed by atoms with Crippen molar-refractivity contribution in [2.24, 2.45) is 0 Å². The molecule has 0 radical (unpaired) electrons. The lowest BCUT2D eigenvalue weighted by Crippen LogP contribution is -2.44. The molecule has 2 aromatic carbocycles. The molecule has 1 aliphatic rings. The van der Waals surface area contributed by atoms with Crippen molar-refractivity contribution in [1.29, 1.82) is 0 Å². The molecule has 0 saturated heterocycles. The smallest absolute Gasteiger partial charge is 0.216 e. The van der Waals surface area contributed by atoms with Gasteiger partial charge in [0.1, 0.15) is 5.75 Å². The van der Waals surface area contributed by atoms with Crippen LogP contribution < -0.4 is 4.74 Å². The van der Waals surface area contributed by atoms with Crippen molar-refractivity contribution >= 4 is 22.7 Å². The quantitative estimate of drug-likeness (QED) is 0.482. The van der Waals surface area contributed by atoms with Crippen LogP contribution in [0.25, 0.3) is 10.9 Å². The molecule has 2 atom stereocenters. The van der Waals surface area contributed by atoms with Crippen LogP contribution in [0.15, 0.2) is 47.4 Å². The molecule has 2 N–H and O–H groups in total. The molecule has 5 nitrogen and oxygen atoms in total. The molecule has 0 fully saturated rings. The first-order chi connectivity index (χ1) is 13.7. The summed E-state index contributed by atoms with van der Waals surface area (Å²) in [5.74, 6) is 0.818. The van der Waals surface area contributed by atoms with Crippen molar-refractivity contribution in [2.45, 2.75) is 30.7 Å². The maximum Gasteiger partial charge on any atom is 0.216 e. The third-order valence-corrected chi connectivity index (χ3v) is 6.13. The number of hydrogen-bond donors (Lipinski definition) is 2. The number of benzene rings is 2. The summed E-state index contributed by atoms with van der Waals surface area (Å²) in [6.07, 6.45) is 2.02. The number of ether oxygens (including phenoxy) is 2. The predicted octanol–water partition coefficient (Wildman–Crippen LogP) is 4.16. The fourth-order valence-electron chi connectivity index (χ4n) is 4.04. The topological polar surface area (TPSA) is 57.7 Å². The fraction of sp³-hybridized carbons (Fsp3) is 0.364. The van der Waals surface area contributed by atoms with E-state index in [1.807, 2.05) is 24.0 Å². The lowest BCUT2D eigenvalue weighted by Gasteiger charge is -2.38. The third kappa shape index (κ3) is 3.42. The summed E-state index contributed by atoms with van der Waals surface area (Å²) in [7, 11) is 1.67. The van der Waals surface area contributed by atoms with Crippen LogP contribution in [0.1, 0.15) is 29.8 Å². The van der Waals surface area contributed by atoms with E-state index in [1.54, 1.807) is 18.9 Å². The Bertz CT molecular complexity index is 954. The van der Waals surface area contributed by atoms with E-state index < -0.39 is 6.41 Å². The van der Waals surface area contributed by atoms with Crippen LogP contribution in [0.5, 0.6) is 5.75 Å². The average molecular weight is 399 g/mol. The number of nitrogens with zero attached hydrogens (tertiary/aromatic N) is 1. The van der Waals surface area contributed by atoms with Crippen molar-refractivity contribution in [3.8, 4) is 5.75 Å². The first-order valence-corrected chi connectivity index (χ1v) is 10.8. The van der Waals surface area contributed by atoms with Crippen molar-refractivity contribution in [3.63, 3.8) is 0 Å². The second kappa shape index (κ2) is 8.17. The number of aliphatic hydroxyl groups excluding tert-OH is 1. The minimum Gasteiger partial charge on any atom is -0.497 e. The highest BCUT2D eigenvalue weighted by Gasteiger charge is 2.35. The van der Waals surface area contributed by atoms with Crippen LogP contribution in [0.3, 0.4) is 0 Å². The van der Waals surface area contributed by atoms with Gasteiger partial charge < -0.3 is 19.6 Å². The van der Waals surface area contributed by atoms with Gasteiger partial charge >= 0.3 is 0 Å². The Labute approximate surface area is 169 Å². The Balaban J connectivity index is 1.84. The van der Waals surface area contributed by atoms with E-state index in [2.05, 4.69) is 41.6 Å². The Kier molecular flexibility index (Phi) is 5.64. The standard InChI is InChI=1S/C22H26N2O3S/c1-4-27-22(25)24-12-11-17-18-13-16(28-3)9-10-19(18)23-20(17)21(24)14-5-7-15(26-2)8-6-14/h5-10,13,21-23,25H,4,11-12H2,1-3H3. The van der Waals surface area contributed by atoms with Crippen molar-refractivity contribution in [3.05, 3.63) is 59.3 Å². The first kappa shape index (κ1) is 19.3. The van der Waals surface area contributed by atoms with Crippen LogP contribution in [-0.2, 0) is 11.2 Å². The minimum absolute atomic E-state index is 0.110. The number of nitrogens with one attached hydrogen (secondary N) is 1. The largest absolute Gasteiger partial charge is 0.497 e. The van der Waals surface area contributed by atoms with E-state index in [0.29, 0.717) is 6.61 Å². The molecular formula is C22H26N2O3S. The average Bonchev–Trinajstić information content (AvgIpc) is 3.11. The number of fused-ring (bicyclic) bond motifs is 3. The zero-order valence-corrected chi connectivity index (χ0v) is 17.3. The highest BCUT2D eigenvalue weighted by molar-refractivity contribution is 7.98. The van der Waals surface area contributed by atoms with Crippen molar-refractivity contribution < 1.29 is 14.6 Å². The molecule has 0 amide bonds. The molecule has 2 heterocycles.